The minimum atomic E-state index is -0.786. The van der Waals surface area contributed by atoms with Gasteiger partial charge in [0.1, 0.15) is 0 Å². The molecule has 0 spiro atoms. The lowest BCUT2D eigenvalue weighted by molar-refractivity contribution is -0.144. The minimum Gasteiger partial charge on any atom is -0.481 e. The molecule has 0 aromatic heterocycles. The molecule has 4 atom stereocenters. The van der Waals surface area contributed by atoms with Crippen molar-refractivity contribution in [3.05, 3.63) is 35.9 Å². The van der Waals surface area contributed by atoms with Crippen LogP contribution in [-0.2, 0) is 14.3 Å². The largest absolute Gasteiger partial charge is 0.481 e. The molecule has 0 bridgehead atoms. The van der Waals surface area contributed by atoms with Crippen LogP contribution in [0.4, 0.5) is 0 Å². The van der Waals surface area contributed by atoms with Gasteiger partial charge in [0, 0.05) is 12.5 Å². The normalized spacial score (nSPS) is 28.2. The van der Waals surface area contributed by atoms with Gasteiger partial charge in [-0.3, -0.25) is 9.59 Å². The summed E-state index contributed by atoms with van der Waals surface area (Å²) in [6, 6.07) is 9.73. The van der Waals surface area contributed by atoms with E-state index in [4.69, 9.17) is 4.74 Å². The summed E-state index contributed by atoms with van der Waals surface area (Å²) >= 11 is 0. The summed E-state index contributed by atoms with van der Waals surface area (Å²) in [4.78, 5) is 24.0. The molecular formula is C19H25NO4. The molecule has 2 fully saturated rings. The van der Waals surface area contributed by atoms with Gasteiger partial charge in [0.25, 0.3) is 0 Å². The number of nitrogens with one attached hydrogen (secondary N) is 1. The number of carbonyl (C=O) groups excluding carboxylic acids is 1. The monoisotopic (exact) mass is 331 g/mol. The molecule has 3 rings (SSSR count). The third-order valence-corrected chi connectivity index (χ3v) is 5.19. The van der Waals surface area contributed by atoms with Gasteiger partial charge in [-0.25, -0.2) is 0 Å². The fraction of sp³-hybridized carbons (Fsp3) is 0.579. The predicted molar refractivity (Wildman–Crippen MR) is 89.4 cm³/mol. The van der Waals surface area contributed by atoms with Gasteiger partial charge in [-0.15, -0.1) is 0 Å². The molecule has 1 heterocycles. The van der Waals surface area contributed by atoms with E-state index in [2.05, 4.69) is 5.32 Å². The Morgan fingerprint density at radius 3 is 2.50 bits per heavy atom. The summed E-state index contributed by atoms with van der Waals surface area (Å²) in [6.45, 7) is 0.731. The highest BCUT2D eigenvalue weighted by Gasteiger charge is 2.34. The molecule has 24 heavy (non-hydrogen) atoms. The lowest BCUT2D eigenvalue weighted by atomic mass is 9.80. The van der Waals surface area contributed by atoms with Crippen molar-refractivity contribution in [2.45, 2.75) is 50.7 Å². The molecule has 1 saturated heterocycles. The van der Waals surface area contributed by atoms with Crippen LogP contribution in [0, 0.1) is 11.8 Å². The zero-order chi connectivity index (χ0) is 16.9. The highest BCUT2D eigenvalue weighted by Crippen LogP contribution is 2.32. The maximum absolute atomic E-state index is 12.7. The third-order valence-electron chi connectivity index (χ3n) is 5.19. The molecule has 0 radical (unpaired) electrons. The molecular weight excluding hydrogens is 306 g/mol. The summed E-state index contributed by atoms with van der Waals surface area (Å²) in [7, 11) is 0. The second kappa shape index (κ2) is 7.79. The highest BCUT2D eigenvalue weighted by atomic mass is 16.5. The van der Waals surface area contributed by atoms with E-state index in [-0.39, 0.29) is 24.0 Å². The maximum atomic E-state index is 12.7. The van der Waals surface area contributed by atoms with Crippen molar-refractivity contribution in [3.63, 3.8) is 0 Å². The Morgan fingerprint density at radius 1 is 1.08 bits per heavy atom. The van der Waals surface area contributed by atoms with Gasteiger partial charge in [0.15, 0.2) is 0 Å². The van der Waals surface area contributed by atoms with Crippen molar-refractivity contribution >= 4 is 11.9 Å². The summed E-state index contributed by atoms with van der Waals surface area (Å²) in [5.41, 5.74) is 1.04. The Balaban J connectivity index is 1.70. The van der Waals surface area contributed by atoms with E-state index in [0.717, 1.165) is 37.9 Å². The molecule has 5 heteroatoms. The standard InChI is InChI=1S/C19H25NO4/c21-18(14-8-4-9-15(12-14)19(22)23)20-17(16-10-5-11-24-16)13-6-2-1-3-7-13/h1-3,6-7,14-17H,4-5,8-12H2,(H,20,21)(H,22,23). The second-order valence-corrected chi connectivity index (χ2v) is 6.85. The number of amides is 1. The van der Waals surface area contributed by atoms with Crippen molar-refractivity contribution < 1.29 is 19.4 Å². The number of hydrogen-bond donors (Lipinski definition) is 2. The minimum absolute atomic E-state index is 0.00443. The van der Waals surface area contributed by atoms with E-state index in [9.17, 15) is 14.7 Å². The van der Waals surface area contributed by atoms with Crippen LogP contribution in [-0.4, -0.2) is 29.7 Å². The first-order chi connectivity index (χ1) is 11.6. The quantitative estimate of drug-likeness (QED) is 0.870. The van der Waals surface area contributed by atoms with Gasteiger partial charge in [-0.1, -0.05) is 36.8 Å². The Labute approximate surface area is 142 Å². The number of carboxylic acids is 1. The van der Waals surface area contributed by atoms with Crippen LogP contribution in [0.2, 0.25) is 0 Å². The van der Waals surface area contributed by atoms with E-state index in [0.29, 0.717) is 12.8 Å². The summed E-state index contributed by atoms with van der Waals surface area (Å²) in [5, 5.41) is 12.4. The topological polar surface area (TPSA) is 75.6 Å². The number of aliphatic carboxylic acids is 1. The van der Waals surface area contributed by atoms with Crippen LogP contribution in [0.5, 0.6) is 0 Å². The number of rotatable bonds is 5. The first-order valence-corrected chi connectivity index (χ1v) is 8.85. The maximum Gasteiger partial charge on any atom is 0.306 e. The van der Waals surface area contributed by atoms with Gasteiger partial charge in [0.05, 0.1) is 18.1 Å². The average molecular weight is 331 g/mol. The first kappa shape index (κ1) is 17.0. The summed E-state index contributed by atoms with van der Waals surface area (Å²) in [5.74, 6) is -1.43. The molecule has 1 aromatic carbocycles. The Morgan fingerprint density at radius 2 is 1.83 bits per heavy atom. The molecule has 4 unspecified atom stereocenters. The Bertz CT molecular complexity index is 568. The summed E-state index contributed by atoms with van der Waals surface area (Å²) < 4.78 is 5.81. The van der Waals surface area contributed by atoms with Crippen LogP contribution in [0.25, 0.3) is 0 Å². The Kier molecular flexibility index (Phi) is 5.51. The molecule has 2 aliphatic rings. The van der Waals surface area contributed by atoms with E-state index in [1.165, 1.54) is 0 Å². The van der Waals surface area contributed by atoms with Crippen LogP contribution < -0.4 is 5.32 Å². The molecule has 130 valence electrons. The molecule has 1 aliphatic heterocycles. The molecule has 1 amide bonds. The van der Waals surface area contributed by atoms with E-state index in [1.54, 1.807) is 0 Å². The fourth-order valence-electron chi connectivity index (χ4n) is 3.84. The zero-order valence-corrected chi connectivity index (χ0v) is 13.8. The number of benzene rings is 1. The van der Waals surface area contributed by atoms with Crippen molar-refractivity contribution in [3.8, 4) is 0 Å². The van der Waals surface area contributed by atoms with Crippen LogP contribution in [0.15, 0.2) is 30.3 Å². The van der Waals surface area contributed by atoms with Gasteiger partial charge in [0.2, 0.25) is 5.91 Å². The third kappa shape index (κ3) is 3.96. The predicted octanol–water partition coefficient (Wildman–Crippen LogP) is 2.91. The van der Waals surface area contributed by atoms with Gasteiger partial charge in [-0.2, -0.15) is 0 Å². The number of ether oxygens (including phenoxy) is 1. The molecule has 5 nitrogen and oxygen atoms in total. The van der Waals surface area contributed by atoms with Crippen LogP contribution >= 0.6 is 0 Å². The van der Waals surface area contributed by atoms with Crippen LogP contribution in [0.3, 0.4) is 0 Å². The zero-order valence-electron chi connectivity index (χ0n) is 13.8. The molecule has 1 saturated carbocycles. The molecule has 2 N–H and O–H groups in total. The van der Waals surface area contributed by atoms with Crippen molar-refractivity contribution in [2.24, 2.45) is 11.8 Å². The first-order valence-electron chi connectivity index (χ1n) is 8.85. The van der Waals surface area contributed by atoms with Crippen molar-refractivity contribution in [1.29, 1.82) is 0 Å². The van der Waals surface area contributed by atoms with E-state index >= 15 is 0 Å². The SMILES string of the molecule is O=C(O)C1CCCC(C(=O)NC(c2ccccc2)C2CCCO2)C1. The highest BCUT2D eigenvalue weighted by molar-refractivity contribution is 5.80. The lowest BCUT2D eigenvalue weighted by Crippen LogP contribution is -2.41. The van der Waals surface area contributed by atoms with Gasteiger partial charge >= 0.3 is 5.97 Å². The fourth-order valence-corrected chi connectivity index (χ4v) is 3.84. The van der Waals surface area contributed by atoms with E-state index < -0.39 is 11.9 Å². The average Bonchev–Trinajstić information content (AvgIpc) is 3.14. The number of carbonyl (C=O) groups is 2. The molecule has 1 aliphatic carbocycles. The van der Waals surface area contributed by atoms with E-state index in [1.807, 2.05) is 30.3 Å². The van der Waals surface area contributed by atoms with Crippen molar-refractivity contribution in [2.75, 3.05) is 6.61 Å². The summed E-state index contributed by atoms with van der Waals surface area (Å²) in [6.07, 6.45) is 4.61. The van der Waals surface area contributed by atoms with Gasteiger partial charge in [-0.05, 0) is 37.7 Å². The second-order valence-electron chi connectivity index (χ2n) is 6.85. The number of carboxylic acid groups (broad SMARTS) is 1. The van der Waals surface area contributed by atoms with Gasteiger partial charge < -0.3 is 15.2 Å². The number of hydrogen-bond acceptors (Lipinski definition) is 3. The smallest absolute Gasteiger partial charge is 0.306 e. The Hall–Kier alpha value is -1.88. The molecule has 1 aromatic rings. The van der Waals surface area contributed by atoms with Crippen LogP contribution in [0.1, 0.15) is 50.1 Å². The lowest BCUT2D eigenvalue weighted by Gasteiger charge is -2.30. The van der Waals surface area contributed by atoms with Crippen molar-refractivity contribution in [1.82, 2.24) is 5.32 Å².